The SMILES string of the molecule is CC(=O)N1c2cccc3c2C(CCC3N2CCOCC2)C1c1ccccc1Cl. The summed E-state index contributed by atoms with van der Waals surface area (Å²) in [7, 11) is 0. The zero-order valence-corrected chi connectivity index (χ0v) is 16.9. The first-order valence-corrected chi connectivity index (χ1v) is 10.5. The number of carbonyl (C=O) groups excluding carboxylic acids is 1. The number of nitrogens with zero attached hydrogens (tertiary/aromatic N) is 2. The van der Waals surface area contributed by atoms with Gasteiger partial charge in [0, 0.05) is 42.7 Å². The second-order valence-corrected chi connectivity index (χ2v) is 8.39. The molecule has 0 aromatic heterocycles. The Hall–Kier alpha value is -1.88. The van der Waals surface area contributed by atoms with Gasteiger partial charge in [-0.1, -0.05) is 41.9 Å². The molecule has 1 saturated heterocycles. The monoisotopic (exact) mass is 396 g/mol. The van der Waals surface area contributed by atoms with Gasteiger partial charge < -0.3 is 9.64 Å². The van der Waals surface area contributed by atoms with Crippen LogP contribution in [0, 0.1) is 0 Å². The molecule has 3 aliphatic rings. The lowest BCUT2D eigenvalue weighted by Gasteiger charge is -2.40. The molecule has 3 atom stereocenters. The van der Waals surface area contributed by atoms with Crippen LogP contribution in [0.5, 0.6) is 0 Å². The molecule has 0 radical (unpaired) electrons. The van der Waals surface area contributed by atoms with Crippen LogP contribution in [0.3, 0.4) is 0 Å². The number of rotatable bonds is 2. The van der Waals surface area contributed by atoms with Crippen molar-refractivity contribution < 1.29 is 9.53 Å². The molecule has 0 bridgehead atoms. The third-order valence-electron chi connectivity index (χ3n) is 6.57. The number of ether oxygens (including phenoxy) is 1. The second kappa shape index (κ2) is 7.18. The van der Waals surface area contributed by atoms with Crippen molar-refractivity contribution in [3.8, 4) is 0 Å². The maximum absolute atomic E-state index is 12.7. The molecule has 5 rings (SSSR count). The van der Waals surface area contributed by atoms with Crippen LogP contribution in [-0.2, 0) is 9.53 Å². The van der Waals surface area contributed by atoms with E-state index in [1.165, 1.54) is 11.1 Å². The average Bonchev–Trinajstić information content (AvgIpc) is 3.05. The maximum atomic E-state index is 12.7. The molecule has 28 heavy (non-hydrogen) atoms. The predicted octanol–water partition coefficient (Wildman–Crippen LogP) is 4.70. The minimum absolute atomic E-state index is 0.0204. The fourth-order valence-electron chi connectivity index (χ4n) is 5.46. The molecule has 0 spiro atoms. The molecule has 1 aliphatic carbocycles. The van der Waals surface area contributed by atoms with Crippen molar-refractivity contribution in [1.82, 2.24) is 4.90 Å². The zero-order chi connectivity index (χ0) is 19.3. The van der Waals surface area contributed by atoms with Gasteiger partial charge in [-0.2, -0.15) is 0 Å². The summed E-state index contributed by atoms with van der Waals surface area (Å²) in [5.74, 6) is 0.378. The maximum Gasteiger partial charge on any atom is 0.224 e. The Bertz CT molecular complexity index is 909. The minimum atomic E-state index is -0.0204. The Labute approximate surface area is 171 Å². The summed E-state index contributed by atoms with van der Waals surface area (Å²) in [5.41, 5.74) is 4.86. The van der Waals surface area contributed by atoms with Crippen LogP contribution in [0.15, 0.2) is 42.5 Å². The van der Waals surface area contributed by atoms with Crippen molar-refractivity contribution in [3.05, 3.63) is 64.2 Å². The van der Waals surface area contributed by atoms with Gasteiger partial charge in [-0.3, -0.25) is 9.69 Å². The molecule has 0 N–H and O–H groups in total. The number of hydrogen-bond acceptors (Lipinski definition) is 3. The van der Waals surface area contributed by atoms with Gasteiger partial charge in [0.15, 0.2) is 0 Å². The lowest BCUT2D eigenvalue weighted by molar-refractivity contribution is -0.117. The van der Waals surface area contributed by atoms with Gasteiger partial charge in [0.05, 0.1) is 19.3 Å². The van der Waals surface area contributed by atoms with E-state index in [1.807, 2.05) is 23.1 Å². The van der Waals surface area contributed by atoms with Crippen LogP contribution in [0.25, 0.3) is 0 Å². The van der Waals surface area contributed by atoms with Gasteiger partial charge >= 0.3 is 0 Å². The van der Waals surface area contributed by atoms with E-state index in [0.29, 0.717) is 12.0 Å². The van der Waals surface area contributed by atoms with E-state index in [4.69, 9.17) is 16.3 Å². The average molecular weight is 397 g/mol. The van der Waals surface area contributed by atoms with Crippen LogP contribution in [0.1, 0.15) is 54.5 Å². The van der Waals surface area contributed by atoms with Crippen molar-refractivity contribution in [2.45, 2.75) is 37.8 Å². The number of carbonyl (C=O) groups is 1. The lowest BCUT2D eigenvalue weighted by atomic mass is 9.76. The highest BCUT2D eigenvalue weighted by atomic mass is 35.5. The summed E-state index contributed by atoms with van der Waals surface area (Å²) in [4.78, 5) is 17.3. The molecule has 4 nitrogen and oxygen atoms in total. The van der Waals surface area contributed by atoms with Crippen LogP contribution >= 0.6 is 11.6 Å². The summed E-state index contributed by atoms with van der Waals surface area (Å²) in [6.45, 7) is 5.22. The van der Waals surface area contributed by atoms with Gasteiger partial charge in [-0.15, -0.1) is 0 Å². The third kappa shape index (κ3) is 2.78. The molecular formula is C23H25ClN2O2. The fraction of sp³-hybridized carbons (Fsp3) is 0.435. The Morgan fingerprint density at radius 3 is 2.54 bits per heavy atom. The molecule has 5 heteroatoms. The first kappa shape index (κ1) is 18.2. The molecular weight excluding hydrogens is 372 g/mol. The summed E-state index contributed by atoms with van der Waals surface area (Å²) in [6, 6.07) is 14.8. The van der Waals surface area contributed by atoms with Crippen molar-refractivity contribution in [1.29, 1.82) is 0 Å². The molecule has 2 aromatic carbocycles. The Kier molecular flexibility index (Phi) is 4.66. The van der Waals surface area contributed by atoms with E-state index in [0.717, 1.165) is 55.4 Å². The van der Waals surface area contributed by atoms with Crippen molar-refractivity contribution in [2.24, 2.45) is 0 Å². The van der Waals surface area contributed by atoms with E-state index >= 15 is 0 Å². The van der Waals surface area contributed by atoms with Crippen molar-refractivity contribution >= 4 is 23.2 Å². The largest absolute Gasteiger partial charge is 0.379 e. The first-order valence-electron chi connectivity index (χ1n) is 10.2. The van der Waals surface area contributed by atoms with Gasteiger partial charge in [-0.25, -0.2) is 0 Å². The summed E-state index contributed by atoms with van der Waals surface area (Å²) in [5, 5.41) is 0.739. The topological polar surface area (TPSA) is 32.8 Å². The predicted molar refractivity (Wildman–Crippen MR) is 111 cm³/mol. The van der Waals surface area contributed by atoms with Gasteiger partial charge in [0.1, 0.15) is 0 Å². The molecule has 146 valence electrons. The van der Waals surface area contributed by atoms with E-state index in [1.54, 1.807) is 6.92 Å². The summed E-state index contributed by atoms with van der Waals surface area (Å²) < 4.78 is 5.56. The van der Waals surface area contributed by atoms with Gasteiger partial charge in [0.25, 0.3) is 0 Å². The summed E-state index contributed by atoms with van der Waals surface area (Å²) >= 11 is 6.59. The number of anilines is 1. The Morgan fingerprint density at radius 1 is 1.04 bits per heavy atom. The second-order valence-electron chi connectivity index (χ2n) is 7.98. The highest BCUT2D eigenvalue weighted by Gasteiger charge is 2.46. The highest BCUT2D eigenvalue weighted by molar-refractivity contribution is 6.31. The van der Waals surface area contributed by atoms with Gasteiger partial charge in [0.2, 0.25) is 5.91 Å². The quantitative estimate of drug-likeness (QED) is 0.737. The normalized spacial score (nSPS) is 26.9. The molecule has 2 aliphatic heterocycles. The van der Waals surface area contributed by atoms with Crippen LogP contribution in [-0.4, -0.2) is 37.1 Å². The molecule has 1 fully saturated rings. The Morgan fingerprint density at radius 2 is 1.79 bits per heavy atom. The number of benzene rings is 2. The molecule has 2 heterocycles. The van der Waals surface area contributed by atoms with E-state index < -0.39 is 0 Å². The van der Waals surface area contributed by atoms with E-state index in [9.17, 15) is 4.79 Å². The van der Waals surface area contributed by atoms with E-state index in [-0.39, 0.29) is 11.9 Å². The van der Waals surface area contributed by atoms with Crippen molar-refractivity contribution in [3.63, 3.8) is 0 Å². The number of halogens is 1. The number of amides is 1. The number of morpholine rings is 1. The van der Waals surface area contributed by atoms with Crippen LogP contribution in [0.2, 0.25) is 5.02 Å². The third-order valence-corrected chi connectivity index (χ3v) is 6.91. The standard InChI is InChI=1S/C23H25ClN2O2/c1-15(27)26-21-8-4-6-17-20(25-11-13-28-14-12-25)10-9-18(22(17)21)23(26)16-5-2-3-7-19(16)24/h2-8,18,20,23H,9-14H2,1H3. The van der Waals surface area contributed by atoms with Gasteiger partial charge in [-0.05, 0) is 41.7 Å². The summed E-state index contributed by atoms with van der Waals surface area (Å²) in [6.07, 6.45) is 2.17. The first-order chi connectivity index (χ1) is 13.7. The molecule has 0 saturated carbocycles. The Balaban J connectivity index is 1.62. The van der Waals surface area contributed by atoms with Crippen LogP contribution in [0.4, 0.5) is 5.69 Å². The van der Waals surface area contributed by atoms with Crippen molar-refractivity contribution in [2.75, 3.05) is 31.2 Å². The lowest BCUT2D eigenvalue weighted by Crippen LogP contribution is -2.40. The molecule has 3 unspecified atom stereocenters. The van der Waals surface area contributed by atoms with Crippen LogP contribution < -0.4 is 4.90 Å². The zero-order valence-electron chi connectivity index (χ0n) is 16.1. The fourth-order valence-corrected chi connectivity index (χ4v) is 5.71. The minimum Gasteiger partial charge on any atom is -0.379 e. The molecule has 1 amide bonds. The smallest absolute Gasteiger partial charge is 0.224 e. The van der Waals surface area contributed by atoms with E-state index in [2.05, 4.69) is 29.2 Å². The number of hydrogen-bond donors (Lipinski definition) is 0. The molecule has 2 aromatic rings. The highest BCUT2D eigenvalue weighted by Crippen LogP contribution is 2.57.